The maximum atomic E-state index is 13.0. The molecule has 1 fully saturated rings. The first-order valence-corrected chi connectivity index (χ1v) is 11.6. The summed E-state index contributed by atoms with van der Waals surface area (Å²) in [5, 5.41) is 7.89. The highest BCUT2D eigenvalue weighted by molar-refractivity contribution is 7.12. The second-order valence-electron chi connectivity index (χ2n) is 7.55. The largest absolute Gasteiger partial charge is 0.339 e. The Morgan fingerprint density at radius 2 is 1.69 bits per heavy atom. The van der Waals surface area contributed by atoms with Gasteiger partial charge in [0, 0.05) is 30.3 Å². The molecular weight excluding hydrogens is 446 g/mol. The Hall–Kier alpha value is -3.16. The number of anilines is 2. The van der Waals surface area contributed by atoms with Gasteiger partial charge in [0.25, 0.3) is 11.8 Å². The molecule has 0 spiro atoms. The lowest BCUT2D eigenvalue weighted by Gasteiger charge is -2.31. The minimum absolute atomic E-state index is 0.0200. The number of hydrogen-bond acceptors (Lipinski definition) is 4. The van der Waals surface area contributed by atoms with Gasteiger partial charge in [-0.05, 0) is 54.6 Å². The van der Waals surface area contributed by atoms with Gasteiger partial charge in [-0.15, -0.1) is 11.3 Å². The van der Waals surface area contributed by atoms with E-state index in [1.807, 2.05) is 35.7 Å². The maximum Gasteiger partial charge on any atom is 0.265 e. The Morgan fingerprint density at radius 1 is 0.938 bits per heavy atom. The summed E-state index contributed by atoms with van der Waals surface area (Å²) < 4.78 is 0. The van der Waals surface area contributed by atoms with Gasteiger partial charge < -0.3 is 15.5 Å². The minimum Gasteiger partial charge on any atom is -0.339 e. The molecule has 1 saturated heterocycles. The molecular formula is C24H22ClN3O3S. The van der Waals surface area contributed by atoms with Crippen LogP contribution in [0.2, 0.25) is 5.02 Å². The molecule has 1 aromatic heterocycles. The van der Waals surface area contributed by atoms with E-state index in [9.17, 15) is 14.4 Å². The molecule has 1 aliphatic heterocycles. The van der Waals surface area contributed by atoms with Gasteiger partial charge in [-0.25, -0.2) is 0 Å². The first-order chi connectivity index (χ1) is 15.5. The third-order valence-corrected chi connectivity index (χ3v) is 6.60. The number of halogens is 1. The number of hydrogen-bond donors (Lipinski definition) is 2. The maximum absolute atomic E-state index is 13.0. The molecule has 3 aromatic rings. The van der Waals surface area contributed by atoms with E-state index in [0.717, 1.165) is 5.69 Å². The summed E-state index contributed by atoms with van der Waals surface area (Å²) in [6.45, 7) is 0.983. The number of carbonyl (C=O) groups is 3. The van der Waals surface area contributed by atoms with Gasteiger partial charge >= 0.3 is 0 Å². The number of likely N-dealkylation sites (tertiary alicyclic amines) is 1. The summed E-state index contributed by atoms with van der Waals surface area (Å²) in [6, 6.07) is 17.7. The summed E-state index contributed by atoms with van der Waals surface area (Å²) in [4.78, 5) is 40.2. The van der Waals surface area contributed by atoms with E-state index in [1.165, 1.54) is 11.3 Å². The van der Waals surface area contributed by atoms with Crippen molar-refractivity contribution in [2.24, 2.45) is 5.92 Å². The monoisotopic (exact) mass is 467 g/mol. The molecule has 4 rings (SSSR count). The van der Waals surface area contributed by atoms with Crippen molar-refractivity contribution in [1.82, 2.24) is 4.90 Å². The van der Waals surface area contributed by atoms with Gasteiger partial charge in [0.15, 0.2) is 0 Å². The van der Waals surface area contributed by atoms with E-state index in [4.69, 9.17) is 11.6 Å². The van der Waals surface area contributed by atoms with Gasteiger partial charge in [0.1, 0.15) is 0 Å². The molecule has 164 valence electrons. The van der Waals surface area contributed by atoms with Crippen LogP contribution in [0.25, 0.3) is 0 Å². The molecule has 2 heterocycles. The average Bonchev–Trinajstić information content (AvgIpc) is 3.36. The Balaban J connectivity index is 1.36. The number of amides is 3. The normalized spacial score (nSPS) is 14.1. The second-order valence-corrected chi connectivity index (χ2v) is 8.90. The second kappa shape index (κ2) is 9.97. The van der Waals surface area contributed by atoms with Crippen LogP contribution in [0, 0.1) is 5.92 Å². The van der Waals surface area contributed by atoms with Gasteiger partial charge in [-0.2, -0.15) is 0 Å². The first kappa shape index (κ1) is 22.0. The number of carbonyl (C=O) groups excluding carboxylic acids is 3. The Morgan fingerprint density at radius 3 is 2.38 bits per heavy atom. The van der Waals surface area contributed by atoms with Crippen LogP contribution < -0.4 is 10.6 Å². The van der Waals surface area contributed by atoms with Gasteiger partial charge in [-0.3, -0.25) is 14.4 Å². The van der Waals surface area contributed by atoms with Crippen molar-refractivity contribution in [2.45, 2.75) is 12.8 Å². The molecule has 32 heavy (non-hydrogen) atoms. The topological polar surface area (TPSA) is 78.5 Å². The van der Waals surface area contributed by atoms with Crippen LogP contribution in [-0.4, -0.2) is 35.7 Å². The van der Waals surface area contributed by atoms with E-state index < -0.39 is 0 Å². The summed E-state index contributed by atoms with van der Waals surface area (Å²) >= 11 is 7.56. The molecule has 0 saturated carbocycles. The van der Waals surface area contributed by atoms with Gasteiger partial charge in [0.05, 0.1) is 15.6 Å². The fourth-order valence-electron chi connectivity index (χ4n) is 3.64. The predicted molar refractivity (Wildman–Crippen MR) is 127 cm³/mol. The number of thiophene rings is 1. The first-order valence-electron chi connectivity index (χ1n) is 10.3. The molecule has 8 heteroatoms. The smallest absolute Gasteiger partial charge is 0.265 e. The molecule has 0 atom stereocenters. The van der Waals surface area contributed by atoms with Crippen LogP contribution in [-0.2, 0) is 4.79 Å². The Labute approximate surface area is 195 Å². The predicted octanol–water partition coefficient (Wildman–Crippen LogP) is 5.14. The van der Waals surface area contributed by atoms with Gasteiger partial charge in [0.2, 0.25) is 5.91 Å². The number of benzene rings is 2. The lowest BCUT2D eigenvalue weighted by molar-refractivity contribution is -0.121. The molecule has 6 nitrogen and oxygen atoms in total. The molecule has 0 aliphatic carbocycles. The standard InChI is InChI=1S/C24H22ClN3O3S/c25-19-9-8-17(15-20(19)27-23(30)21-7-4-14-32-21)24(31)28-12-10-16(11-13-28)22(29)26-18-5-2-1-3-6-18/h1-9,14-16H,10-13H2,(H,26,29)(H,27,30). The Kier molecular flexibility index (Phi) is 6.87. The van der Waals surface area contributed by atoms with Crippen molar-refractivity contribution < 1.29 is 14.4 Å². The number of rotatable bonds is 5. The fourth-order valence-corrected chi connectivity index (χ4v) is 4.42. The summed E-state index contributed by atoms with van der Waals surface area (Å²) in [5.41, 5.74) is 1.62. The summed E-state index contributed by atoms with van der Waals surface area (Å²) in [7, 11) is 0. The van der Waals surface area contributed by atoms with Gasteiger partial charge in [-0.1, -0.05) is 35.9 Å². The highest BCUT2D eigenvalue weighted by Crippen LogP contribution is 2.27. The lowest BCUT2D eigenvalue weighted by atomic mass is 9.95. The number of nitrogens with zero attached hydrogens (tertiary/aromatic N) is 1. The molecule has 0 unspecified atom stereocenters. The van der Waals surface area contributed by atoms with Crippen molar-refractivity contribution in [1.29, 1.82) is 0 Å². The fraction of sp³-hybridized carbons (Fsp3) is 0.208. The van der Waals surface area contributed by atoms with Crippen molar-refractivity contribution in [3.8, 4) is 0 Å². The Bertz CT molecular complexity index is 1110. The van der Waals surface area contributed by atoms with Crippen molar-refractivity contribution in [3.05, 3.63) is 81.5 Å². The highest BCUT2D eigenvalue weighted by atomic mass is 35.5. The molecule has 2 aromatic carbocycles. The molecule has 0 radical (unpaired) electrons. The molecule has 0 bridgehead atoms. The summed E-state index contributed by atoms with van der Waals surface area (Å²) in [6.07, 6.45) is 1.19. The highest BCUT2D eigenvalue weighted by Gasteiger charge is 2.28. The van der Waals surface area contributed by atoms with Crippen LogP contribution in [0.15, 0.2) is 66.0 Å². The number of nitrogens with one attached hydrogen (secondary N) is 2. The van der Waals surface area contributed by atoms with E-state index in [1.54, 1.807) is 35.2 Å². The minimum atomic E-state index is -0.267. The number of piperidine rings is 1. The number of para-hydroxylation sites is 1. The van der Waals surface area contributed by atoms with Crippen LogP contribution in [0.5, 0.6) is 0 Å². The third-order valence-electron chi connectivity index (χ3n) is 5.40. The van der Waals surface area contributed by atoms with E-state index in [0.29, 0.717) is 47.1 Å². The molecule has 1 aliphatic rings. The van der Waals surface area contributed by atoms with Crippen LogP contribution in [0.3, 0.4) is 0 Å². The molecule has 3 amide bonds. The SMILES string of the molecule is O=C(Nc1cc(C(=O)N2CCC(C(=O)Nc3ccccc3)CC2)ccc1Cl)c1cccs1. The zero-order valence-corrected chi connectivity index (χ0v) is 18.8. The average molecular weight is 468 g/mol. The summed E-state index contributed by atoms with van der Waals surface area (Å²) in [5.74, 6) is -0.564. The lowest BCUT2D eigenvalue weighted by Crippen LogP contribution is -2.41. The van der Waals surface area contributed by atoms with E-state index >= 15 is 0 Å². The van der Waals surface area contributed by atoms with Crippen LogP contribution in [0.1, 0.15) is 32.9 Å². The van der Waals surface area contributed by atoms with Crippen molar-refractivity contribution >= 4 is 52.0 Å². The molecule has 2 N–H and O–H groups in total. The zero-order valence-electron chi connectivity index (χ0n) is 17.2. The quantitative estimate of drug-likeness (QED) is 0.545. The van der Waals surface area contributed by atoms with Crippen LogP contribution in [0.4, 0.5) is 11.4 Å². The van der Waals surface area contributed by atoms with E-state index in [2.05, 4.69) is 10.6 Å². The van der Waals surface area contributed by atoms with E-state index in [-0.39, 0.29) is 23.6 Å². The zero-order chi connectivity index (χ0) is 22.5. The van der Waals surface area contributed by atoms with Crippen molar-refractivity contribution in [2.75, 3.05) is 23.7 Å². The van der Waals surface area contributed by atoms with Crippen molar-refractivity contribution in [3.63, 3.8) is 0 Å². The third kappa shape index (κ3) is 5.18. The van der Waals surface area contributed by atoms with Crippen LogP contribution >= 0.6 is 22.9 Å².